The Kier molecular flexibility index (Phi) is 3.44. The minimum Gasteiger partial charge on any atom is -0.486 e. The van der Waals surface area contributed by atoms with Crippen LogP contribution in [0.2, 0.25) is 0 Å². The smallest absolute Gasteiger partial charge is 0.311 e. The summed E-state index contributed by atoms with van der Waals surface area (Å²) >= 11 is 0. The first-order chi connectivity index (χ1) is 11.5. The molecule has 2 fully saturated rings. The van der Waals surface area contributed by atoms with Crippen molar-refractivity contribution >= 4 is 11.9 Å². The van der Waals surface area contributed by atoms with Crippen LogP contribution in [-0.2, 0) is 9.59 Å². The Balaban J connectivity index is 1.43. The van der Waals surface area contributed by atoms with Crippen molar-refractivity contribution in [1.82, 2.24) is 4.90 Å². The number of benzene rings is 1. The van der Waals surface area contributed by atoms with Crippen LogP contribution in [0.15, 0.2) is 18.2 Å². The quantitative estimate of drug-likeness (QED) is 0.915. The Morgan fingerprint density at radius 2 is 2.00 bits per heavy atom. The van der Waals surface area contributed by atoms with Gasteiger partial charge in [-0.25, -0.2) is 0 Å². The van der Waals surface area contributed by atoms with Gasteiger partial charge in [0.05, 0.1) is 5.41 Å². The first-order valence-electron chi connectivity index (χ1n) is 8.40. The lowest BCUT2D eigenvalue weighted by Gasteiger charge is -2.20. The predicted molar refractivity (Wildman–Crippen MR) is 85.2 cm³/mol. The van der Waals surface area contributed by atoms with Crippen molar-refractivity contribution < 1.29 is 24.2 Å². The molecule has 0 spiro atoms. The number of rotatable bonds is 3. The van der Waals surface area contributed by atoms with Gasteiger partial charge in [0.25, 0.3) is 0 Å². The van der Waals surface area contributed by atoms with E-state index in [1.807, 2.05) is 18.2 Å². The fourth-order valence-electron chi connectivity index (χ4n) is 3.69. The van der Waals surface area contributed by atoms with E-state index in [1.54, 1.807) is 11.8 Å². The molecule has 3 atom stereocenters. The van der Waals surface area contributed by atoms with Gasteiger partial charge < -0.3 is 19.5 Å². The fraction of sp³-hybridized carbons (Fsp3) is 0.556. The van der Waals surface area contributed by atoms with E-state index in [-0.39, 0.29) is 17.7 Å². The van der Waals surface area contributed by atoms with Crippen LogP contribution in [0.25, 0.3) is 0 Å². The summed E-state index contributed by atoms with van der Waals surface area (Å²) in [6.45, 7) is 3.67. The van der Waals surface area contributed by atoms with Crippen LogP contribution in [0.4, 0.5) is 0 Å². The van der Waals surface area contributed by atoms with E-state index in [4.69, 9.17) is 9.47 Å². The average Bonchev–Trinajstić information content (AvgIpc) is 3.28. The summed E-state index contributed by atoms with van der Waals surface area (Å²) in [4.78, 5) is 25.7. The SMILES string of the molecule is C[C@]1(C(=O)O)CCN(C(=O)[C@H]2C[C@H]2c2ccc3c(c2)OCCO3)C1. The van der Waals surface area contributed by atoms with Gasteiger partial charge in [0.1, 0.15) is 13.2 Å². The van der Waals surface area contributed by atoms with E-state index in [9.17, 15) is 14.7 Å². The van der Waals surface area contributed by atoms with Crippen LogP contribution in [0.1, 0.15) is 31.2 Å². The third-order valence-corrected chi connectivity index (χ3v) is 5.40. The molecule has 0 bridgehead atoms. The van der Waals surface area contributed by atoms with E-state index in [2.05, 4.69) is 0 Å². The number of carbonyl (C=O) groups excluding carboxylic acids is 1. The Bertz CT molecular complexity index is 703. The molecule has 0 unspecified atom stereocenters. The molecule has 1 aromatic carbocycles. The highest BCUT2D eigenvalue weighted by Gasteiger charge is 2.50. The number of fused-ring (bicyclic) bond motifs is 1. The molecule has 1 aromatic rings. The van der Waals surface area contributed by atoms with Crippen molar-refractivity contribution in [3.63, 3.8) is 0 Å². The highest BCUT2D eigenvalue weighted by Crippen LogP contribution is 2.51. The number of ether oxygens (including phenoxy) is 2. The van der Waals surface area contributed by atoms with Crippen molar-refractivity contribution in [2.45, 2.75) is 25.7 Å². The molecule has 0 aromatic heterocycles. The van der Waals surface area contributed by atoms with Crippen molar-refractivity contribution in [3.8, 4) is 11.5 Å². The monoisotopic (exact) mass is 331 g/mol. The second kappa shape index (κ2) is 5.40. The maximum absolute atomic E-state index is 12.7. The largest absolute Gasteiger partial charge is 0.486 e. The number of hydrogen-bond donors (Lipinski definition) is 1. The molecule has 1 saturated heterocycles. The number of nitrogens with zero attached hydrogens (tertiary/aromatic N) is 1. The molecule has 3 aliphatic rings. The first kappa shape index (κ1) is 15.3. The minimum atomic E-state index is -0.822. The van der Waals surface area contributed by atoms with Gasteiger partial charge in [0, 0.05) is 19.0 Å². The van der Waals surface area contributed by atoms with Crippen LogP contribution in [-0.4, -0.2) is 48.2 Å². The molecule has 1 saturated carbocycles. The second-order valence-electron chi connectivity index (χ2n) is 7.23. The Labute approximate surface area is 140 Å². The minimum absolute atomic E-state index is 0.0382. The summed E-state index contributed by atoms with van der Waals surface area (Å²) in [7, 11) is 0. The normalized spacial score (nSPS) is 31.0. The van der Waals surface area contributed by atoms with Crippen LogP contribution in [0.5, 0.6) is 11.5 Å². The molecule has 6 heteroatoms. The maximum atomic E-state index is 12.7. The number of carboxylic acid groups (broad SMARTS) is 1. The lowest BCUT2D eigenvalue weighted by Crippen LogP contribution is -2.35. The number of carboxylic acids is 1. The Morgan fingerprint density at radius 1 is 1.25 bits per heavy atom. The van der Waals surface area contributed by atoms with Crippen LogP contribution >= 0.6 is 0 Å². The zero-order chi connectivity index (χ0) is 16.9. The number of carbonyl (C=O) groups is 2. The number of likely N-dealkylation sites (tertiary alicyclic amines) is 1. The molecule has 1 N–H and O–H groups in total. The Morgan fingerprint density at radius 3 is 2.71 bits per heavy atom. The molecular formula is C18H21NO5. The molecule has 24 heavy (non-hydrogen) atoms. The molecule has 1 aliphatic carbocycles. The van der Waals surface area contributed by atoms with Gasteiger partial charge in [-0.1, -0.05) is 6.07 Å². The summed E-state index contributed by atoms with van der Waals surface area (Å²) in [5, 5.41) is 9.31. The van der Waals surface area contributed by atoms with Crippen molar-refractivity contribution in [2.75, 3.05) is 26.3 Å². The molecule has 6 nitrogen and oxygen atoms in total. The zero-order valence-corrected chi connectivity index (χ0v) is 13.7. The number of hydrogen-bond acceptors (Lipinski definition) is 4. The molecule has 1 amide bonds. The van der Waals surface area contributed by atoms with Gasteiger partial charge in [-0.05, 0) is 43.4 Å². The number of aliphatic carboxylic acids is 1. The fourth-order valence-corrected chi connectivity index (χ4v) is 3.69. The van der Waals surface area contributed by atoms with E-state index < -0.39 is 11.4 Å². The van der Waals surface area contributed by atoms with Gasteiger partial charge in [-0.2, -0.15) is 0 Å². The van der Waals surface area contributed by atoms with E-state index >= 15 is 0 Å². The van der Waals surface area contributed by atoms with Gasteiger partial charge >= 0.3 is 5.97 Å². The standard InChI is InChI=1S/C18H21NO5/c1-18(17(21)22)4-5-19(10-18)16(20)13-9-12(13)11-2-3-14-15(8-11)24-7-6-23-14/h2-3,8,12-13H,4-7,9-10H2,1H3,(H,21,22)/t12-,13-,18-/m0/s1. The van der Waals surface area contributed by atoms with Gasteiger partial charge in [-0.15, -0.1) is 0 Å². The average molecular weight is 331 g/mol. The highest BCUT2D eigenvalue weighted by atomic mass is 16.6. The predicted octanol–water partition coefficient (Wildman–Crippen LogP) is 1.88. The third-order valence-electron chi connectivity index (χ3n) is 5.40. The third kappa shape index (κ3) is 2.50. The second-order valence-corrected chi connectivity index (χ2v) is 7.23. The summed E-state index contributed by atoms with van der Waals surface area (Å²) in [6, 6.07) is 5.87. The van der Waals surface area contributed by atoms with Crippen molar-refractivity contribution in [3.05, 3.63) is 23.8 Å². The van der Waals surface area contributed by atoms with Gasteiger partial charge in [0.2, 0.25) is 5.91 Å². The summed E-state index contributed by atoms with van der Waals surface area (Å²) in [5.74, 6) is 0.923. The van der Waals surface area contributed by atoms with Crippen LogP contribution in [0.3, 0.4) is 0 Å². The van der Waals surface area contributed by atoms with Gasteiger partial charge in [-0.3, -0.25) is 9.59 Å². The van der Waals surface area contributed by atoms with Gasteiger partial charge in [0.15, 0.2) is 11.5 Å². The van der Waals surface area contributed by atoms with Crippen molar-refractivity contribution in [1.29, 1.82) is 0 Å². The molecule has 2 heterocycles. The summed E-state index contributed by atoms with van der Waals surface area (Å²) in [5.41, 5.74) is 0.287. The molecule has 4 rings (SSSR count). The summed E-state index contributed by atoms with van der Waals surface area (Å²) < 4.78 is 11.1. The summed E-state index contributed by atoms with van der Waals surface area (Å²) in [6.07, 6.45) is 1.34. The van der Waals surface area contributed by atoms with E-state index in [0.29, 0.717) is 32.7 Å². The van der Waals surface area contributed by atoms with Crippen LogP contribution in [0, 0.1) is 11.3 Å². The number of amides is 1. The first-order valence-corrected chi connectivity index (χ1v) is 8.40. The van der Waals surface area contributed by atoms with Crippen LogP contribution < -0.4 is 9.47 Å². The maximum Gasteiger partial charge on any atom is 0.311 e. The lowest BCUT2D eigenvalue weighted by atomic mass is 9.90. The molecular weight excluding hydrogens is 310 g/mol. The zero-order valence-electron chi connectivity index (χ0n) is 13.7. The van der Waals surface area contributed by atoms with Crippen molar-refractivity contribution in [2.24, 2.45) is 11.3 Å². The highest BCUT2D eigenvalue weighted by molar-refractivity contribution is 5.85. The van der Waals surface area contributed by atoms with E-state index in [0.717, 1.165) is 23.5 Å². The molecule has 2 aliphatic heterocycles. The molecule has 128 valence electrons. The topological polar surface area (TPSA) is 76.1 Å². The lowest BCUT2D eigenvalue weighted by molar-refractivity contribution is -0.147. The Hall–Kier alpha value is -2.24. The van der Waals surface area contributed by atoms with E-state index in [1.165, 1.54) is 0 Å². The molecule has 0 radical (unpaired) electrons.